The maximum Gasteiger partial charge on any atom is 0.306 e. The van der Waals surface area contributed by atoms with E-state index in [4.69, 9.17) is 23.7 Å². The number of fused-ring (bicyclic) bond motifs is 5. The summed E-state index contributed by atoms with van der Waals surface area (Å²) in [6.07, 6.45) is -2.13. The van der Waals surface area contributed by atoms with Crippen LogP contribution < -0.4 is 0 Å². The minimum atomic E-state index is -1.78. The van der Waals surface area contributed by atoms with E-state index in [0.29, 0.717) is 19.3 Å². The van der Waals surface area contributed by atoms with E-state index in [1.807, 2.05) is 34.6 Å². The van der Waals surface area contributed by atoms with Crippen molar-refractivity contribution in [3.63, 3.8) is 0 Å². The maximum atomic E-state index is 13.1. The molecule has 3 rings (SSSR count). The number of aliphatic hydroxyl groups is 2. The van der Waals surface area contributed by atoms with E-state index >= 15 is 0 Å². The van der Waals surface area contributed by atoms with Crippen LogP contribution in [0.15, 0.2) is 0 Å². The number of rotatable bonds is 11. The number of ether oxygens (including phenoxy) is 5. The molecular weight excluding hydrogens is 584 g/mol. The van der Waals surface area contributed by atoms with Crippen LogP contribution in [0.2, 0.25) is 0 Å². The molecule has 0 spiro atoms. The highest BCUT2D eigenvalue weighted by molar-refractivity contribution is 5.71. The largest absolute Gasteiger partial charge is 0.459 e. The van der Waals surface area contributed by atoms with Crippen LogP contribution in [0.3, 0.4) is 0 Å². The van der Waals surface area contributed by atoms with Crippen molar-refractivity contribution in [2.45, 2.75) is 167 Å². The van der Waals surface area contributed by atoms with Crippen LogP contribution in [0.5, 0.6) is 0 Å². The Balaban J connectivity index is 2.23. The van der Waals surface area contributed by atoms with Crippen LogP contribution in [0.25, 0.3) is 0 Å². The zero-order chi connectivity index (χ0) is 33.9. The van der Waals surface area contributed by atoms with Gasteiger partial charge in [-0.2, -0.15) is 0 Å². The monoisotopic (exact) mass is 640 g/mol. The molecule has 11 heteroatoms. The molecule has 2 bridgehead atoms. The van der Waals surface area contributed by atoms with E-state index in [2.05, 4.69) is 0 Å². The standard InChI is InChI=1S/C34H56O11/c1-10-13-23(36)43-22-16-17-33(8,45-25(38)15-12-3)30-27-26(19(4)5)29(44-24(37)14-11-2)31(41-20(6)35)34(9,40)28(27)21(42-30)18-32(22,7)39/h19,21-22,26-31,39-40H,10-18H2,1-9H3. The van der Waals surface area contributed by atoms with Crippen molar-refractivity contribution in [1.29, 1.82) is 0 Å². The summed E-state index contributed by atoms with van der Waals surface area (Å²) in [7, 11) is 0. The van der Waals surface area contributed by atoms with Gasteiger partial charge in [-0.25, -0.2) is 0 Å². The fourth-order valence-corrected chi connectivity index (χ4v) is 8.06. The summed E-state index contributed by atoms with van der Waals surface area (Å²) in [6.45, 7) is 15.7. The Morgan fingerprint density at radius 1 is 0.867 bits per heavy atom. The second-order valence-electron chi connectivity index (χ2n) is 14.3. The van der Waals surface area contributed by atoms with Crippen LogP contribution in [-0.2, 0) is 42.9 Å². The number of carbonyl (C=O) groups is 4. The Labute approximate surface area is 268 Å². The third-order valence-corrected chi connectivity index (χ3v) is 9.99. The predicted molar refractivity (Wildman–Crippen MR) is 164 cm³/mol. The molecule has 2 aliphatic heterocycles. The highest BCUT2D eigenvalue weighted by Crippen LogP contribution is 2.59. The van der Waals surface area contributed by atoms with E-state index in [1.165, 1.54) is 6.92 Å². The van der Waals surface area contributed by atoms with Gasteiger partial charge in [0, 0.05) is 50.4 Å². The van der Waals surface area contributed by atoms with E-state index in [9.17, 15) is 29.4 Å². The molecule has 2 saturated heterocycles. The van der Waals surface area contributed by atoms with Gasteiger partial charge in [0.15, 0.2) is 6.10 Å². The molecule has 11 nitrogen and oxygen atoms in total. The van der Waals surface area contributed by atoms with Crippen LogP contribution in [0.4, 0.5) is 0 Å². The van der Waals surface area contributed by atoms with Gasteiger partial charge in [0.25, 0.3) is 0 Å². The zero-order valence-corrected chi connectivity index (χ0v) is 28.6. The second kappa shape index (κ2) is 14.7. The van der Waals surface area contributed by atoms with Gasteiger partial charge in [-0.1, -0.05) is 34.6 Å². The van der Waals surface area contributed by atoms with Gasteiger partial charge in [0.2, 0.25) is 0 Å². The van der Waals surface area contributed by atoms with E-state index in [1.54, 1.807) is 20.8 Å². The Bertz CT molecular complexity index is 1070. The third kappa shape index (κ3) is 8.01. The number of esters is 4. The van der Waals surface area contributed by atoms with Crippen molar-refractivity contribution in [2.75, 3.05) is 0 Å². The summed E-state index contributed by atoms with van der Waals surface area (Å²) in [6, 6.07) is 0. The molecule has 0 amide bonds. The van der Waals surface area contributed by atoms with Crippen molar-refractivity contribution >= 4 is 23.9 Å². The number of carbonyl (C=O) groups excluding carboxylic acids is 4. The van der Waals surface area contributed by atoms with Crippen LogP contribution in [-0.4, -0.2) is 81.4 Å². The summed E-state index contributed by atoms with van der Waals surface area (Å²) in [5.41, 5.74) is -4.61. The van der Waals surface area contributed by atoms with Gasteiger partial charge in [-0.3, -0.25) is 19.2 Å². The SMILES string of the molecule is CCCC(=O)OC1C(C(C)C)C2C3OC(CC(C)(O)C(OC(=O)CCC)CCC3(C)OC(=O)CCC)C2C(C)(O)C1OC(C)=O. The van der Waals surface area contributed by atoms with Gasteiger partial charge in [-0.05, 0) is 58.8 Å². The van der Waals surface area contributed by atoms with Gasteiger partial charge >= 0.3 is 23.9 Å². The average Bonchev–Trinajstić information content (AvgIpc) is 3.29. The Morgan fingerprint density at radius 3 is 1.96 bits per heavy atom. The van der Waals surface area contributed by atoms with Crippen LogP contribution in [0, 0.1) is 23.7 Å². The lowest BCUT2D eigenvalue weighted by atomic mass is 9.55. The maximum absolute atomic E-state index is 13.1. The molecule has 45 heavy (non-hydrogen) atoms. The number of hydrogen-bond donors (Lipinski definition) is 2. The van der Waals surface area contributed by atoms with E-state index in [0.717, 1.165) is 0 Å². The fourth-order valence-electron chi connectivity index (χ4n) is 8.06. The van der Waals surface area contributed by atoms with Crippen LogP contribution in [0.1, 0.15) is 120 Å². The average molecular weight is 641 g/mol. The van der Waals surface area contributed by atoms with Crippen molar-refractivity contribution in [3.8, 4) is 0 Å². The summed E-state index contributed by atoms with van der Waals surface area (Å²) in [4.78, 5) is 51.2. The second-order valence-corrected chi connectivity index (χ2v) is 14.3. The van der Waals surface area contributed by atoms with E-state index < -0.39 is 89.0 Å². The Hall–Kier alpha value is -2.24. The molecule has 0 aromatic heterocycles. The first-order chi connectivity index (χ1) is 20.9. The molecule has 0 aromatic carbocycles. The van der Waals surface area contributed by atoms with E-state index in [-0.39, 0.29) is 44.4 Å². The molecule has 0 aromatic rings. The normalized spacial score (nSPS) is 39.6. The first-order valence-electron chi connectivity index (χ1n) is 16.8. The molecule has 1 saturated carbocycles. The smallest absolute Gasteiger partial charge is 0.306 e. The molecule has 0 radical (unpaired) electrons. The van der Waals surface area contributed by atoms with Crippen molar-refractivity contribution in [1.82, 2.24) is 0 Å². The molecule has 11 atom stereocenters. The third-order valence-electron chi connectivity index (χ3n) is 9.99. The first-order valence-corrected chi connectivity index (χ1v) is 16.8. The summed E-state index contributed by atoms with van der Waals surface area (Å²) in [5, 5.41) is 24.3. The minimum absolute atomic E-state index is 0.0121. The molecule has 11 unspecified atom stereocenters. The predicted octanol–water partition coefficient (Wildman–Crippen LogP) is 4.42. The Kier molecular flexibility index (Phi) is 12.1. The highest BCUT2D eigenvalue weighted by atomic mass is 16.6. The highest BCUT2D eigenvalue weighted by Gasteiger charge is 2.70. The van der Waals surface area contributed by atoms with Gasteiger partial charge in [-0.15, -0.1) is 0 Å². The zero-order valence-electron chi connectivity index (χ0n) is 28.6. The minimum Gasteiger partial charge on any atom is -0.459 e. The van der Waals surface area contributed by atoms with Gasteiger partial charge < -0.3 is 33.9 Å². The summed E-state index contributed by atoms with van der Waals surface area (Å²) >= 11 is 0. The quantitative estimate of drug-likeness (QED) is 0.244. The molecule has 2 heterocycles. The Morgan fingerprint density at radius 2 is 1.42 bits per heavy atom. The molecule has 2 N–H and O–H groups in total. The van der Waals surface area contributed by atoms with Crippen molar-refractivity contribution in [3.05, 3.63) is 0 Å². The lowest BCUT2D eigenvalue weighted by Gasteiger charge is -2.55. The topological polar surface area (TPSA) is 155 Å². The molecule has 258 valence electrons. The fraction of sp³-hybridized carbons (Fsp3) is 0.882. The molecule has 3 fully saturated rings. The van der Waals surface area contributed by atoms with Gasteiger partial charge in [0.05, 0.1) is 6.10 Å². The number of hydrogen-bond acceptors (Lipinski definition) is 11. The van der Waals surface area contributed by atoms with Gasteiger partial charge in [0.1, 0.15) is 35.1 Å². The first kappa shape index (κ1) is 37.2. The summed E-state index contributed by atoms with van der Waals surface area (Å²) in [5.74, 6) is -3.83. The van der Waals surface area contributed by atoms with Crippen LogP contribution >= 0.6 is 0 Å². The molecule has 1 aliphatic carbocycles. The molecular formula is C34H56O11. The lowest BCUT2D eigenvalue weighted by Crippen LogP contribution is -2.68. The van der Waals surface area contributed by atoms with Crippen molar-refractivity contribution in [2.24, 2.45) is 23.7 Å². The lowest BCUT2D eigenvalue weighted by molar-refractivity contribution is -0.243. The summed E-state index contributed by atoms with van der Waals surface area (Å²) < 4.78 is 30.7. The molecule has 3 aliphatic rings. The van der Waals surface area contributed by atoms with Crippen molar-refractivity contribution < 1.29 is 53.1 Å².